The van der Waals surface area contributed by atoms with E-state index in [1.807, 2.05) is 26.0 Å². The number of amides is 2. The van der Waals surface area contributed by atoms with E-state index < -0.39 is 22.5 Å². The molecule has 4 rings (SSSR count). The Morgan fingerprint density at radius 1 is 1.00 bits per heavy atom. The first-order valence-electron chi connectivity index (χ1n) is 13.3. The molecule has 0 unspecified atom stereocenters. The first-order chi connectivity index (χ1) is 19.7. The molecular formula is C30H34N4O6S. The predicted octanol–water partition coefficient (Wildman–Crippen LogP) is 3.39. The molecule has 3 aromatic rings. The molecule has 1 aliphatic rings. The number of benzene rings is 3. The lowest BCUT2D eigenvalue weighted by Gasteiger charge is -2.26. The van der Waals surface area contributed by atoms with E-state index >= 15 is 0 Å². The Balaban J connectivity index is 1.37. The smallest absolute Gasteiger partial charge is 0.264 e. The highest BCUT2D eigenvalue weighted by molar-refractivity contribution is 7.92. The summed E-state index contributed by atoms with van der Waals surface area (Å²) in [5, 5.41) is 3.99. The quantitative estimate of drug-likeness (QED) is 0.275. The second kappa shape index (κ2) is 13.9. The van der Waals surface area contributed by atoms with Crippen LogP contribution in [-0.4, -0.2) is 70.8 Å². The van der Waals surface area contributed by atoms with Crippen molar-refractivity contribution in [2.75, 3.05) is 43.8 Å². The van der Waals surface area contributed by atoms with Gasteiger partial charge < -0.3 is 14.4 Å². The minimum Gasteiger partial charge on any atom is -0.484 e. The number of sulfonamides is 1. The van der Waals surface area contributed by atoms with Gasteiger partial charge in [0, 0.05) is 13.1 Å². The summed E-state index contributed by atoms with van der Waals surface area (Å²) in [5.74, 6) is 0.105. The second-order valence-electron chi connectivity index (χ2n) is 9.72. The number of hydrogen-bond donors (Lipinski definition) is 1. The van der Waals surface area contributed by atoms with Crippen molar-refractivity contribution in [1.82, 2.24) is 10.3 Å². The molecular weight excluding hydrogens is 544 g/mol. The highest BCUT2D eigenvalue weighted by Gasteiger charge is 2.27. The third kappa shape index (κ3) is 8.15. The number of morpholine rings is 1. The maximum absolute atomic E-state index is 13.5. The maximum Gasteiger partial charge on any atom is 0.264 e. The van der Waals surface area contributed by atoms with E-state index in [2.05, 4.69) is 10.5 Å². The second-order valence-corrected chi connectivity index (χ2v) is 11.6. The lowest BCUT2D eigenvalue weighted by atomic mass is 10.0. The highest BCUT2D eigenvalue weighted by atomic mass is 32.2. The summed E-state index contributed by atoms with van der Waals surface area (Å²) < 4.78 is 38.8. The topological polar surface area (TPSA) is 118 Å². The SMILES string of the molecule is CC(C)c1ccc(N(CC(=O)N/N=C\c2ccc(OCC(=O)N3CCOCC3)cc2)S(=O)(=O)c2ccccc2)cc1. The molecule has 0 radical (unpaired) electrons. The average molecular weight is 579 g/mol. The molecule has 0 aromatic heterocycles. The van der Waals surface area contributed by atoms with Crippen molar-refractivity contribution in [2.24, 2.45) is 5.10 Å². The molecule has 10 nitrogen and oxygen atoms in total. The van der Waals surface area contributed by atoms with E-state index in [-0.39, 0.29) is 23.3 Å². The molecule has 1 aliphatic heterocycles. The van der Waals surface area contributed by atoms with Crippen molar-refractivity contribution in [3.05, 3.63) is 90.0 Å². The van der Waals surface area contributed by atoms with Gasteiger partial charge in [0.05, 0.1) is 30.0 Å². The average Bonchev–Trinajstić information content (AvgIpc) is 3.00. The van der Waals surface area contributed by atoms with Crippen LogP contribution in [0.2, 0.25) is 0 Å². The molecule has 216 valence electrons. The first kappa shape index (κ1) is 29.8. The maximum atomic E-state index is 13.5. The van der Waals surface area contributed by atoms with Gasteiger partial charge in [-0.3, -0.25) is 13.9 Å². The number of hydrazone groups is 1. The molecule has 1 N–H and O–H groups in total. The zero-order valence-corrected chi connectivity index (χ0v) is 23.9. The van der Waals surface area contributed by atoms with E-state index in [1.54, 1.807) is 59.5 Å². The zero-order chi connectivity index (χ0) is 29.2. The third-order valence-corrected chi connectivity index (χ3v) is 8.26. The minimum absolute atomic E-state index is 0.0634. The Labute approximate surface area is 240 Å². The molecule has 1 fully saturated rings. The molecule has 0 bridgehead atoms. The van der Waals surface area contributed by atoms with Crippen LogP contribution in [0, 0.1) is 0 Å². The molecule has 1 saturated heterocycles. The Hall–Kier alpha value is -4.22. The summed E-state index contributed by atoms with van der Waals surface area (Å²) in [4.78, 5) is 26.8. The summed E-state index contributed by atoms with van der Waals surface area (Å²) in [6.45, 7) is 5.75. The van der Waals surface area contributed by atoms with E-state index in [9.17, 15) is 18.0 Å². The number of ether oxygens (including phenoxy) is 2. The Kier molecular flexibility index (Phi) is 10.1. The van der Waals surface area contributed by atoms with Crippen molar-refractivity contribution < 1.29 is 27.5 Å². The molecule has 1 heterocycles. The Bertz CT molecular complexity index is 1440. The van der Waals surface area contributed by atoms with Gasteiger partial charge >= 0.3 is 0 Å². The molecule has 0 atom stereocenters. The van der Waals surface area contributed by atoms with Crippen LogP contribution in [0.3, 0.4) is 0 Å². The molecule has 2 amide bonds. The molecule has 0 spiro atoms. The van der Waals surface area contributed by atoms with Crippen LogP contribution in [-0.2, 0) is 24.3 Å². The lowest BCUT2D eigenvalue weighted by Crippen LogP contribution is -2.42. The number of carbonyl (C=O) groups is 2. The van der Waals surface area contributed by atoms with Crippen molar-refractivity contribution >= 4 is 33.7 Å². The number of hydrogen-bond acceptors (Lipinski definition) is 7. The van der Waals surface area contributed by atoms with Crippen molar-refractivity contribution in [1.29, 1.82) is 0 Å². The van der Waals surface area contributed by atoms with Crippen LogP contribution in [0.5, 0.6) is 5.75 Å². The Morgan fingerprint density at radius 3 is 2.29 bits per heavy atom. The normalized spacial score (nSPS) is 13.8. The third-order valence-electron chi connectivity index (χ3n) is 6.48. The number of carbonyl (C=O) groups excluding carboxylic acids is 2. The summed E-state index contributed by atoms with van der Waals surface area (Å²) in [7, 11) is -4.01. The fraction of sp³-hybridized carbons (Fsp3) is 0.300. The molecule has 11 heteroatoms. The largest absolute Gasteiger partial charge is 0.484 e. The molecule has 0 saturated carbocycles. The van der Waals surface area contributed by atoms with Gasteiger partial charge in [0.1, 0.15) is 12.3 Å². The summed E-state index contributed by atoms with van der Waals surface area (Å²) in [6, 6.07) is 21.9. The summed E-state index contributed by atoms with van der Waals surface area (Å²) in [5.41, 5.74) is 4.52. The van der Waals surface area contributed by atoms with E-state index in [1.165, 1.54) is 18.3 Å². The monoisotopic (exact) mass is 578 g/mol. The van der Waals surface area contributed by atoms with Crippen LogP contribution >= 0.6 is 0 Å². The van der Waals surface area contributed by atoms with Crippen molar-refractivity contribution in [3.63, 3.8) is 0 Å². The van der Waals surface area contributed by atoms with Crippen LogP contribution in [0.1, 0.15) is 30.9 Å². The molecule has 41 heavy (non-hydrogen) atoms. The van der Waals surface area contributed by atoms with E-state index in [0.717, 1.165) is 9.87 Å². The lowest BCUT2D eigenvalue weighted by molar-refractivity contribution is -0.137. The van der Waals surface area contributed by atoms with Gasteiger partial charge in [-0.15, -0.1) is 0 Å². The van der Waals surface area contributed by atoms with Crippen molar-refractivity contribution in [3.8, 4) is 5.75 Å². The number of anilines is 1. The van der Waals surface area contributed by atoms with Crippen LogP contribution < -0.4 is 14.5 Å². The number of nitrogens with one attached hydrogen (secondary N) is 1. The van der Waals surface area contributed by atoms with Gasteiger partial charge in [0.2, 0.25) is 0 Å². The van der Waals surface area contributed by atoms with Crippen LogP contribution in [0.4, 0.5) is 5.69 Å². The number of rotatable bonds is 11. The van der Waals surface area contributed by atoms with Gasteiger partial charge in [-0.1, -0.05) is 44.2 Å². The van der Waals surface area contributed by atoms with Gasteiger partial charge in [-0.2, -0.15) is 5.10 Å². The van der Waals surface area contributed by atoms with Gasteiger partial charge in [0.25, 0.3) is 21.8 Å². The molecule has 3 aromatic carbocycles. The van der Waals surface area contributed by atoms with Gasteiger partial charge in [0.15, 0.2) is 6.61 Å². The molecule has 0 aliphatic carbocycles. The van der Waals surface area contributed by atoms with Crippen LogP contribution in [0.15, 0.2) is 88.9 Å². The highest BCUT2D eigenvalue weighted by Crippen LogP contribution is 2.25. The first-order valence-corrected chi connectivity index (χ1v) is 14.8. The minimum atomic E-state index is -4.01. The summed E-state index contributed by atoms with van der Waals surface area (Å²) in [6.07, 6.45) is 1.44. The fourth-order valence-electron chi connectivity index (χ4n) is 4.10. The zero-order valence-electron chi connectivity index (χ0n) is 23.1. The summed E-state index contributed by atoms with van der Waals surface area (Å²) >= 11 is 0. The predicted molar refractivity (Wildman–Crippen MR) is 157 cm³/mol. The standard InChI is InChI=1S/C30H34N4O6S/c1-23(2)25-10-12-26(13-11-25)34(41(37,38)28-6-4-3-5-7-28)21-29(35)32-31-20-24-8-14-27(15-9-24)40-22-30(36)33-16-18-39-19-17-33/h3-15,20,23H,16-19,21-22H2,1-2H3,(H,32,35)/b31-20-. The van der Waals surface area contributed by atoms with E-state index in [0.29, 0.717) is 43.3 Å². The van der Waals surface area contributed by atoms with E-state index in [4.69, 9.17) is 9.47 Å². The van der Waals surface area contributed by atoms with Crippen LogP contribution in [0.25, 0.3) is 0 Å². The number of nitrogens with zero attached hydrogens (tertiary/aromatic N) is 3. The fourth-order valence-corrected chi connectivity index (χ4v) is 5.55. The van der Waals surface area contributed by atoms with Gasteiger partial charge in [-0.25, -0.2) is 13.8 Å². The van der Waals surface area contributed by atoms with Gasteiger partial charge in [-0.05, 0) is 65.6 Å². The van der Waals surface area contributed by atoms with Crippen molar-refractivity contribution in [2.45, 2.75) is 24.7 Å². The Morgan fingerprint density at radius 2 is 1.66 bits per heavy atom.